The van der Waals surface area contributed by atoms with Gasteiger partial charge in [0, 0.05) is 24.2 Å². The van der Waals surface area contributed by atoms with E-state index in [2.05, 4.69) is 20.1 Å². The minimum Gasteiger partial charge on any atom is -0.454 e. The summed E-state index contributed by atoms with van der Waals surface area (Å²) in [4.78, 5) is 27.7. The summed E-state index contributed by atoms with van der Waals surface area (Å²) < 4.78 is 29.0. The topological polar surface area (TPSA) is 96.4 Å². The Kier molecular flexibility index (Phi) is 10.2. The Morgan fingerprint density at radius 1 is 1.15 bits per heavy atom. The first-order valence-electron chi connectivity index (χ1n) is 14.0. The summed E-state index contributed by atoms with van der Waals surface area (Å²) >= 11 is 7.91. The standard InChI is InChI=1S/C28H31ClFN5O3S.C2H6/c1-4-18-25(38-22-7-5-6-21(24(22)29)34-39-31-3)23(27(36)32-16-9-10-16)26(35(28(18)37)17-11-12-17)33-20-13-8-15(2)14-19(20)30;1-2/h5-8,13-14,16-17,31,33-34H,4,9-12H2,1-3H3,(H,32,36);1-2H3. The Morgan fingerprint density at radius 2 is 1.88 bits per heavy atom. The monoisotopic (exact) mass is 601 g/mol. The molecule has 0 radical (unpaired) electrons. The van der Waals surface area contributed by atoms with E-state index in [4.69, 9.17) is 16.3 Å². The van der Waals surface area contributed by atoms with Crippen LogP contribution in [0.2, 0.25) is 5.02 Å². The second kappa shape index (κ2) is 13.6. The van der Waals surface area contributed by atoms with E-state index in [0.717, 1.165) is 31.2 Å². The average molecular weight is 602 g/mol. The number of nitrogens with one attached hydrogen (secondary N) is 4. The number of nitrogens with zero attached hydrogens (tertiary/aromatic N) is 1. The molecule has 5 rings (SSSR count). The van der Waals surface area contributed by atoms with E-state index in [9.17, 15) is 9.59 Å². The van der Waals surface area contributed by atoms with Gasteiger partial charge in [-0.1, -0.05) is 44.5 Å². The highest BCUT2D eigenvalue weighted by atomic mass is 35.5. The molecular formula is C30H37ClFN5O3S. The Morgan fingerprint density at radius 3 is 2.49 bits per heavy atom. The second-order valence-electron chi connectivity index (χ2n) is 9.78. The number of ether oxygens (including phenoxy) is 1. The van der Waals surface area contributed by atoms with Crippen LogP contribution in [0.1, 0.15) is 74.0 Å². The Bertz CT molecular complexity index is 1470. The molecule has 0 atom stereocenters. The van der Waals surface area contributed by atoms with Gasteiger partial charge >= 0.3 is 0 Å². The predicted octanol–water partition coefficient (Wildman–Crippen LogP) is 7.50. The van der Waals surface area contributed by atoms with Crippen LogP contribution in [-0.2, 0) is 6.42 Å². The van der Waals surface area contributed by atoms with Crippen LogP contribution in [0.25, 0.3) is 0 Å². The summed E-state index contributed by atoms with van der Waals surface area (Å²) in [7, 11) is 1.77. The van der Waals surface area contributed by atoms with E-state index in [1.807, 2.05) is 20.8 Å². The molecule has 3 aromatic rings. The van der Waals surface area contributed by atoms with E-state index in [1.54, 1.807) is 48.9 Å². The van der Waals surface area contributed by atoms with Gasteiger partial charge in [-0.2, -0.15) is 0 Å². The molecule has 0 bridgehead atoms. The number of anilines is 3. The van der Waals surface area contributed by atoms with Crippen molar-refractivity contribution in [2.75, 3.05) is 17.1 Å². The van der Waals surface area contributed by atoms with Gasteiger partial charge in [-0.15, -0.1) is 0 Å². The molecule has 8 nitrogen and oxygen atoms in total. The number of halogens is 2. The highest BCUT2D eigenvalue weighted by Crippen LogP contribution is 2.44. The highest BCUT2D eigenvalue weighted by molar-refractivity contribution is 7.98. The van der Waals surface area contributed by atoms with Gasteiger partial charge in [0.15, 0.2) is 5.75 Å². The number of hydrogen-bond acceptors (Lipinski definition) is 7. The maximum Gasteiger partial charge on any atom is 0.259 e. The second-order valence-corrected chi connectivity index (χ2v) is 11.0. The molecule has 1 amide bonds. The summed E-state index contributed by atoms with van der Waals surface area (Å²) in [5, 5.41) is 6.42. The molecule has 2 fully saturated rings. The fourth-order valence-corrected chi connectivity index (χ4v) is 5.03. The van der Waals surface area contributed by atoms with Gasteiger partial charge in [-0.05, 0) is 75.9 Å². The van der Waals surface area contributed by atoms with Crippen molar-refractivity contribution in [2.45, 2.75) is 71.9 Å². The molecule has 220 valence electrons. The van der Waals surface area contributed by atoms with Gasteiger partial charge in [-0.3, -0.25) is 14.2 Å². The van der Waals surface area contributed by atoms with Gasteiger partial charge in [-0.25, -0.2) is 9.11 Å². The summed E-state index contributed by atoms with van der Waals surface area (Å²) in [6, 6.07) is 9.98. The molecule has 0 aliphatic heterocycles. The van der Waals surface area contributed by atoms with Gasteiger partial charge in [0.25, 0.3) is 11.5 Å². The number of pyridine rings is 1. The molecule has 0 saturated heterocycles. The fourth-order valence-electron chi connectivity index (χ4n) is 4.38. The van der Waals surface area contributed by atoms with Crippen LogP contribution in [0.3, 0.4) is 0 Å². The first-order valence-corrected chi connectivity index (χ1v) is 15.2. The van der Waals surface area contributed by atoms with Crippen LogP contribution in [0.15, 0.2) is 41.2 Å². The summed E-state index contributed by atoms with van der Waals surface area (Å²) in [6.45, 7) is 7.64. The van der Waals surface area contributed by atoms with Crippen LogP contribution in [0, 0.1) is 12.7 Å². The molecule has 1 aromatic heterocycles. The predicted molar refractivity (Wildman–Crippen MR) is 166 cm³/mol. The number of amides is 1. The molecule has 2 aliphatic carbocycles. The minimum absolute atomic E-state index is 0.0513. The third-order valence-electron chi connectivity index (χ3n) is 6.68. The van der Waals surface area contributed by atoms with E-state index in [1.165, 1.54) is 18.2 Å². The van der Waals surface area contributed by atoms with Crippen molar-refractivity contribution in [3.63, 3.8) is 0 Å². The zero-order valence-corrected chi connectivity index (χ0v) is 25.6. The van der Waals surface area contributed by atoms with Gasteiger partial charge in [0.1, 0.15) is 28.0 Å². The number of aryl methyl sites for hydroxylation is 1. The van der Waals surface area contributed by atoms with Crippen LogP contribution in [-0.4, -0.2) is 23.6 Å². The van der Waals surface area contributed by atoms with Crippen molar-refractivity contribution in [1.29, 1.82) is 0 Å². The Hall–Kier alpha value is -3.21. The van der Waals surface area contributed by atoms with Crippen molar-refractivity contribution in [3.05, 3.63) is 74.3 Å². The fraction of sp³-hybridized carbons (Fsp3) is 0.400. The zero-order chi connectivity index (χ0) is 29.7. The average Bonchev–Trinajstić information content (AvgIpc) is 3.89. The van der Waals surface area contributed by atoms with Crippen LogP contribution >= 0.6 is 23.7 Å². The number of carbonyl (C=O) groups is 1. The third kappa shape index (κ3) is 6.99. The minimum atomic E-state index is -0.482. The molecule has 2 aliphatic rings. The summed E-state index contributed by atoms with van der Waals surface area (Å²) in [6.07, 6.45) is 3.67. The smallest absolute Gasteiger partial charge is 0.259 e. The van der Waals surface area contributed by atoms with E-state index < -0.39 is 5.82 Å². The molecule has 4 N–H and O–H groups in total. The van der Waals surface area contributed by atoms with E-state index in [0.29, 0.717) is 22.7 Å². The first-order chi connectivity index (χ1) is 19.8. The molecular weight excluding hydrogens is 565 g/mol. The van der Waals surface area contributed by atoms with Gasteiger partial charge in [0.2, 0.25) is 0 Å². The van der Waals surface area contributed by atoms with Gasteiger partial charge in [0.05, 0.1) is 16.9 Å². The highest BCUT2D eigenvalue weighted by Gasteiger charge is 2.36. The van der Waals surface area contributed by atoms with Crippen molar-refractivity contribution in [1.82, 2.24) is 14.6 Å². The lowest BCUT2D eigenvalue weighted by atomic mass is 10.1. The molecule has 0 unspecified atom stereocenters. The van der Waals surface area contributed by atoms with Crippen LogP contribution in [0.5, 0.6) is 11.5 Å². The largest absolute Gasteiger partial charge is 0.454 e. The maximum absolute atomic E-state index is 15.0. The number of carbonyl (C=O) groups excluding carboxylic acids is 1. The number of hydrogen-bond donors (Lipinski definition) is 4. The van der Waals surface area contributed by atoms with Crippen molar-refractivity contribution >= 4 is 46.8 Å². The molecule has 11 heteroatoms. The van der Waals surface area contributed by atoms with Crippen molar-refractivity contribution in [3.8, 4) is 11.5 Å². The third-order valence-corrected chi connectivity index (χ3v) is 7.59. The number of benzene rings is 2. The first kappa shape index (κ1) is 30.7. The normalized spacial score (nSPS) is 14.1. The lowest BCUT2D eigenvalue weighted by Crippen LogP contribution is -2.33. The molecule has 1 heterocycles. The van der Waals surface area contributed by atoms with Crippen LogP contribution < -0.4 is 30.4 Å². The maximum atomic E-state index is 15.0. The number of rotatable bonds is 11. The van der Waals surface area contributed by atoms with Crippen molar-refractivity contribution in [2.24, 2.45) is 0 Å². The van der Waals surface area contributed by atoms with Gasteiger partial charge < -0.3 is 20.1 Å². The molecule has 2 aromatic carbocycles. The van der Waals surface area contributed by atoms with Crippen molar-refractivity contribution < 1.29 is 13.9 Å². The quantitative estimate of drug-likeness (QED) is 0.169. The Balaban J connectivity index is 0.00000189. The lowest BCUT2D eigenvalue weighted by molar-refractivity contribution is 0.0948. The summed E-state index contributed by atoms with van der Waals surface area (Å²) in [5.41, 5.74) is 1.76. The lowest BCUT2D eigenvalue weighted by Gasteiger charge is -2.24. The van der Waals surface area contributed by atoms with Crippen LogP contribution in [0.4, 0.5) is 21.6 Å². The summed E-state index contributed by atoms with van der Waals surface area (Å²) in [5.74, 6) is -0.254. The van der Waals surface area contributed by atoms with E-state index in [-0.39, 0.29) is 52.1 Å². The molecule has 41 heavy (non-hydrogen) atoms. The number of aromatic nitrogens is 1. The molecule has 2 saturated carbocycles. The zero-order valence-electron chi connectivity index (χ0n) is 24.0. The Labute approximate surface area is 249 Å². The SMILES string of the molecule is CC.CCc1c(Oc2cccc(NSNC)c2Cl)c(C(=O)NC2CC2)c(Nc2ccc(C)cc2F)n(C2CC2)c1=O. The van der Waals surface area contributed by atoms with E-state index >= 15 is 4.39 Å². The molecule has 0 spiro atoms.